The molecule has 1 aliphatic rings. The van der Waals surface area contributed by atoms with Crippen molar-refractivity contribution in [1.82, 2.24) is 9.97 Å². The van der Waals surface area contributed by atoms with Crippen LogP contribution in [-0.2, 0) is 9.31 Å². The molecule has 2 aromatic rings. The highest BCUT2D eigenvalue weighted by atomic mass is 35.5. The molecule has 0 spiro atoms. The molecule has 3 heterocycles. The van der Waals surface area contributed by atoms with Crippen LogP contribution in [0, 0.1) is 0 Å². The van der Waals surface area contributed by atoms with Gasteiger partial charge in [-0.05, 0) is 33.8 Å². The minimum Gasteiger partial charge on any atom is -0.399 e. The van der Waals surface area contributed by atoms with Crippen LogP contribution in [-0.4, -0.2) is 28.3 Å². The highest BCUT2D eigenvalue weighted by Crippen LogP contribution is 2.37. The van der Waals surface area contributed by atoms with E-state index in [1.807, 2.05) is 40.0 Å². The molecule has 0 aliphatic carbocycles. The topological polar surface area (TPSA) is 47.1 Å². The van der Waals surface area contributed by atoms with Gasteiger partial charge in [0.05, 0.1) is 16.7 Å². The van der Waals surface area contributed by atoms with Crippen LogP contribution in [0.15, 0.2) is 18.5 Å². The molecule has 0 saturated carbocycles. The minimum absolute atomic E-state index is 0.349. The van der Waals surface area contributed by atoms with E-state index in [-0.39, 0.29) is 11.2 Å². The molecular formula is C13H16BClN2O2. The van der Waals surface area contributed by atoms with Crippen LogP contribution < -0.4 is 5.46 Å². The molecule has 100 valence electrons. The fraction of sp³-hybridized carbons (Fsp3) is 0.462. The number of halogens is 1. The van der Waals surface area contributed by atoms with Gasteiger partial charge in [0.25, 0.3) is 0 Å². The number of H-pyrrole nitrogens is 1. The number of aromatic amines is 1. The second kappa shape index (κ2) is 3.98. The van der Waals surface area contributed by atoms with Gasteiger partial charge in [0, 0.05) is 23.2 Å². The van der Waals surface area contributed by atoms with Crippen LogP contribution in [0.1, 0.15) is 27.7 Å². The molecule has 0 aromatic carbocycles. The molecule has 0 atom stereocenters. The first-order valence-corrected chi connectivity index (χ1v) is 6.67. The molecule has 1 fully saturated rings. The standard InChI is InChI=1S/C13H16BClN2O2/c1-12(2)13(3,4)19-14(18-12)9-7-17-10-8(9)5-6-16-11(10)15/h5-7,17H,1-4H3. The summed E-state index contributed by atoms with van der Waals surface area (Å²) in [6.45, 7) is 8.15. The number of hydrogen-bond donors (Lipinski definition) is 1. The van der Waals surface area contributed by atoms with Gasteiger partial charge in [0.2, 0.25) is 0 Å². The van der Waals surface area contributed by atoms with Crippen molar-refractivity contribution in [3.63, 3.8) is 0 Å². The van der Waals surface area contributed by atoms with Crippen molar-refractivity contribution in [2.45, 2.75) is 38.9 Å². The maximum Gasteiger partial charge on any atom is 0.497 e. The molecule has 0 radical (unpaired) electrons. The lowest BCUT2D eigenvalue weighted by molar-refractivity contribution is 0.00578. The van der Waals surface area contributed by atoms with Crippen molar-refractivity contribution >= 4 is 35.1 Å². The molecule has 4 nitrogen and oxygen atoms in total. The zero-order valence-corrected chi connectivity index (χ0v) is 12.2. The van der Waals surface area contributed by atoms with Crippen molar-refractivity contribution in [1.29, 1.82) is 0 Å². The molecule has 1 N–H and O–H groups in total. The van der Waals surface area contributed by atoms with Crippen LogP contribution >= 0.6 is 11.6 Å². The van der Waals surface area contributed by atoms with Gasteiger partial charge in [0.1, 0.15) is 0 Å². The third-order valence-electron chi connectivity index (χ3n) is 4.09. The third kappa shape index (κ3) is 1.88. The second-order valence-corrected chi connectivity index (χ2v) is 6.21. The Morgan fingerprint density at radius 2 is 1.84 bits per heavy atom. The van der Waals surface area contributed by atoms with E-state index in [4.69, 9.17) is 20.9 Å². The number of nitrogens with zero attached hydrogens (tertiary/aromatic N) is 1. The van der Waals surface area contributed by atoms with Gasteiger partial charge in [-0.1, -0.05) is 11.6 Å². The van der Waals surface area contributed by atoms with Crippen molar-refractivity contribution in [2.75, 3.05) is 0 Å². The van der Waals surface area contributed by atoms with Crippen LogP contribution in [0.5, 0.6) is 0 Å². The minimum atomic E-state index is -0.391. The highest BCUT2D eigenvalue weighted by Gasteiger charge is 2.52. The summed E-state index contributed by atoms with van der Waals surface area (Å²) in [4.78, 5) is 7.19. The normalized spacial score (nSPS) is 21.2. The van der Waals surface area contributed by atoms with E-state index < -0.39 is 7.12 Å². The van der Waals surface area contributed by atoms with Gasteiger partial charge in [-0.25, -0.2) is 4.98 Å². The summed E-state index contributed by atoms with van der Waals surface area (Å²) in [7, 11) is -0.391. The van der Waals surface area contributed by atoms with E-state index in [9.17, 15) is 0 Å². The molecule has 0 amide bonds. The van der Waals surface area contributed by atoms with Gasteiger partial charge in [0.15, 0.2) is 5.15 Å². The number of aromatic nitrogens is 2. The lowest BCUT2D eigenvalue weighted by Crippen LogP contribution is -2.41. The maximum absolute atomic E-state index is 6.07. The fourth-order valence-corrected chi connectivity index (χ4v) is 2.42. The lowest BCUT2D eigenvalue weighted by atomic mass is 9.79. The monoisotopic (exact) mass is 278 g/mol. The second-order valence-electron chi connectivity index (χ2n) is 5.86. The average Bonchev–Trinajstić information content (AvgIpc) is 2.80. The van der Waals surface area contributed by atoms with Gasteiger partial charge in [-0.3, -0.25) is 0 Å². The average molecular weight is 279 g/mol. The lowest BCUT2D eigenvalue weighted by Gasteiger charge is -2.32. The van der Waals surface area contributed by atoms with Crippen LogP contribution in [0.3, 0.4) is 0 Å². The zero-order valence-electron chi connectivity index (χ0n) is 11.5. The number of rotatable bonds is 1. The molecule has 0 unspecified atom stereocenters. The first-order chi connectivity index (χ1) is 8.82. The summed E-state index contributed by atoms with van der Waals surface area (Å²) in [5.41, 5.74) is 1.07. The Bertz CT molecular complexity index is 623. The predicted molar refractivity (Wildman–Crippen MR) is 76.8 cm³/mol. The summed E-state index contributed by atoms with van der Waals surface area (Å²) in [5.74, 6) is 0. The molecule has 3 rings (SSSR count). The third-order valence-corrected chi connectivity index (χ3v) is 4.38. The molecule has 2 aromatic heterocycles. The van der Waals surface area contributed by atoms with E-state index in [2.05, 4.69) is 9.97 Å². The first-order valence-electron chi connectivity index (χ1n) is 6.29. The van der Waals surface area contributed by atoms with Gasteiger partial charge >= 0.3 is 7.12 Å². The molecular weight excluding hydrogens is 262 g/mol. The Labute approximate surface area is 117 Å². The molecule has 6 heteroatoms. The SMILES string of the molecule is CC1(C)OB(c2c[nH]c3c(Cl)nccc23)OC1(C)C. The largest absolute Gasteiger partial charge is 0.497 e. The zero-order chi connectivity index (χ0) is 13.8. The Kier molecular flexibility index (Phi) is 2.72. The summed E-state index contributed by atoms with van der Waals surface area (Å²) < 4.78 is 12.1. The Morgan fingerprint density at radius 3 is 2.47 bits per heavy atom. The van der Waals surface area contributed by atoms with Crippen molar-refractivity contribution in [3.8, 4) is 0 Å². The molecule has 19 heavy (non-hydrogen) atoms. The first kappa shape index (κ1) is 13.0. The summed E-state index contributed by atoms with van der Waals surface area (Å²) in [6.07, 6.45) is 3.56. The van der Waals surface area contributed by atoms with Crippen LogP contribution in [0.4, 0.5) is 0 Å². The number of pyridine rings is 1. The van der Waals surface area contributed by atoms with Gasteiger partial charge in [-0.2, -0.15) is 0 Å². The molecule has 1 saturated heterocycles. The fourth-order valence-electron chi connectivity index (χ4n) is 2.21. The quantitative estimate of drug-likeness (QED) is 0.644. The Morgan fingerprint density at radius 1 is 1.21 bits per heavy atom. The van der Waals surface area contributed by atoms with E-state index in [1.165, 1.54) is 0 Å². The molecule has 0 bridgehead atoms. The number of fused-ring (bicyclic) bond motifs is 1. The summed E-state index contributed by atoms with van der Waals surface area (Å²) in [6, 6.07) is 1.91. The van der Waals surface area contributed by atoms with E-state index in [1.54, 1.807) is 6.20 Å². The van der Waals surface area contributed by atoms with Gasteiger partial charge < -0.3 is 14.3 Å². The summed E-state index contributed by atoms with van der Waals surface area (Å²) in [5, 5.41) is 1.44. The maximum atomic E-state index is 6.07. The van der Waals surface area contributed by atoms with E-state index in [0.717, 1.165) is 16.4 Å². The smallest absolute Gasteiger partial charge is 0.399 e. The Balaban J connectivity index is 2.06. The van der Waals surface area contributed by atoms with E-state index >= 15 is 0 Å². The van der Waals surface area contributed by atoms with E-state index in [0.29, 0.717) is 5.15 Å². The van der Waals surface area contributed by atoms with Crippen LogP contribution in [0.25, 0.3) is 10.9 Å². The summed E-state index contributed by atoms with van der Waals surface area (Å²) >= 11 is 6.07. The van der Waals surface area contributed by atoms with Crippen molar-refractivity contribution < 1.29 is 9.31 Å². The van der Waals surface area contributed by atoms with Crippen molar-refractivity contribution in [3.05, 3.63) is 23.6 Å². The number of nitrogens with one attached hydrogen (secondary N) is 1. The highest BCUT2D eigenvalue weighted by molar-refractivity contribution is 6.65. The van der Waals surface area contributed by atoms with Crippen LogP contribution in [0.2, 0.25) is 5.15 Å². The van der Waals surface area contributed by atoms with Gasteiger partial charge in [-0.15, -0.1) is 0 Å². The van der Waals surface area contributed by atoms with Crippen molar-refractivity contribution in [2.24, 2.45) is 0 Å². The Hall–Kier alpha value is -1.04. The number of hydrogen-bond acceptors (Lipinski definition) is 3. The molecule has 1 aliphatic heterocycles. The predicted octanol–water partition coefficient (Wildman–Crippen LogP) is 2.52.